The summed E-state index contributed by atoms with van der Waals surface area (Å²) in [5.74, 6) is 1.96. The van der Waals surface area contributed by atoms with Crippen molar-refractivity contribution in [2.45, 2.75) is 26.7 Å². The number of rotatable bonds is 4. The first kappa shape index (κ1) is 8.97. The maximum absolute atomic E-state index is 4.87. The van der Waals surface area contributed by atoms with Crippen LogP contribution in [0.15, 0.2) is 11.1 Å². The minimum Gasteiger partial charge on any atom is -0.335 e. The molecule has 3 nitrogen and oxygen atoms in total. The monoisotopic (exact) mass is 166 g/mol. The number of hydrogen-bond acceptors (Lipinski definition) is 3. The van der Waals surface area contributed by atoms with E-state index in [-0.39, 0.29) is 0 Å². The molecule has 0 fully saturated rings. The first-order valence-corrected chi connectivity index (χ1v) is 4.17. The fraction of sp³-hybridized carbons (Fsp3) is 0.556. The van der Waals surface area contributed by atoms with Gasteiger partial charge < -0.3 is 4.52 Å². The highest BCUT2D eigenvalue weighted by Crippen LogP contribution is 2.06. The van der Waals surface area contributed by atoms with E-state index in [9.17, 15) is 0 Å². The standard InChI is InChI=1S/C9H14N2O/c1-4-9-10-8(11-12-9)6-5-7(2)3/h4,7H,1,5-6H2,2-3H3. The zero-order chi connectivity index (χ0) is 8.97. The van der Waals surface area contributed by atoms with E-state index in [1.807, 2.05) is 0 Å². The van der Waals surface area contributed by atoms with Gasteiger partial charge >= 0.3 is 0 Å². The number of aromatic nitrogens is 2. The lowest BCUT2D eigenvalue weighted by atomic mass is 10.1. The highest BCUT2D eigenvalue weighted by Gasteiger charge is 2.03. The summed E-state index contributed by atoms with van der Waals surface area (Å²) in [6, 6.07) is 0. The van der Waals surface area contributed by atoms with Crippen molar-refractivity contribution in [3.05, 3.63) is 18.3 Å². The summed E-state index contributed by atoms with van der Waals surface area (Å²) in [6.45, 7) is 7.89. The average molecular weight is 166 g/mol. The highest BCUT2D eigenvalue weighted by atomic mass is 16.5. The van der Waals surface area contributed by atoms with Crippen molar-refractivity contribution < 1.29 is 4.52 Å². The Morgan fingerprint density at radius 1 is 1.58 bits per heavy atom. The molecule has 1 rings (SSSR count). The molecule has 1 heterocycles. The Kier molecular flexibility index (Phi) is 3.02. The normalized spacial score (nSPS) is 10.6. The van der Waals surface area contributed by atoms with Gasteiger partial charge in [0.2, 0.25) is 5.89 Å². The molecule has 0 atom stereocenters. The number of nitrogens with zero attached hydrogens (tertiary/aromatic N) is 2. The van der Waals surface area contributed by atoms with E-state index in [4.69, 9.17) is 4.52 Å². The maximum atomic E-state index is 4.87. The minimum absolute atomic E-state index is 0.508. The van der Waals surface area contributed by atoms with Gasteiger partial charge in [0, 0.05) is 6.42 Å². The molecular formula is C9H14N2O. The first-order chi connectivity index (χ1) is 5.72. The second kappa shape index (κ2) is 4.04. The minimum atomic E-state index is 0.508. The van der Waals surface area contributed by atoms with Gasteiger partial charge in [0.15, 0.2) is 5.82 Å². The predicted molar refractivity (Wildman–Crippen MR) is 47.5 cm³/mol. The third-order valence-electron chi connectivity index (χ3n) is 1.60. The second-order valence-corrected chi connectivity index (χ2v) is 3.19. The summed E-state index contributed by atoms with van der Waals surface area (Å²) in [6.07, 6.45) is 3.54. The highest BCUT2D eigenvalue weighted by molar-refractivity contribution is 5.32. The fourth-order valence-corrected chi connectivity index (χ4v) is 0.870. The van der Waals surface area contributed by atoms with Crippen LogP contribution in [0.1, 0.15) is 32.0 Å². The zero-order valence-electron chi connectivity index (χ0n) is 7.58. The van der Waals surface area contributed by atoms with E-state index in [1.54, 1.807) is 6.08 Å². The van der Waals surface area contributed by atoms with Gasteiger partial charge in [0.25, 0.3) is 0 Å². The Balaban J connectivity index is 2.47. The molecule has 0 N–H and O–H groups in total. The van der Waals surface area contributed by atoms with Gasteiger partial charge in [-0.3, -0.25) is 0 Å². The smallest absolute Gasteiger partial charge is 0.250 e. The Morgan fingerprint density at radius 2 is 2.33 bits per heavy atom. The van der Waals surface area contributed by atoms with Crippen LogP contribution in [0.2, 0.25) is 0 Å². The summed E-state index contributed by atoms with van der Waals surface area (Å²) < 4.78 is 4.87. The van der Waals surface area contributed by atoms with Crippen LogP contribution >= 0.6 is 0 Å². The van der Waals surface area contributed by atoms with E-state index in [1.165, 1.54) is 0 Å². The Labute approximate surface area is 72.5 Å². The van der Waals surface area contributed by atoms with Crippen LogP contribution in [0.25, 0.3) is 6.08 Å². The molecule has 0 saturated heterocycles. The van der Waals surface area contributed by atoms with Gasteiger partial charge in [-0.05, 0) is 18.4 Å². The van der Waals surface area contributed by atoms with Crippen LogP contribution < -0.4 is 0 Å². The molecule has 1 aromatic rings. The van der Waals surface area contributed by atoms with E-state index in [0.717, 1.165) is 18.7 Å². The van der Waals surface area contributed by atoms with E-state index >= 15 is 0 Å². The fourth-order valence-electron chi connectivity index (χ4n) is 0.870. The van der Waals surface area contributed by atoms with Gasteiger partial charge in [0.1, 0.15) is 0 Å². The summed E-state index contributed by atoms with van der Waals surface area (Å²) in [4.78, 5) is 4.10. The largest absolute Gasteiger partial charge is 0.335 e. The van der Waals surface area contributed by atoms with Gasteiger partial charge in [0.05, 0.1) is 0 Å². The van der Waals surface area contributed by atoms with Crippen LogP contribution in [0, 0.1) is 5.92 Å². The van der Waals surface area contributed by atoms with Crippen LogP contribution in [0.5, 0.6) is 0 Å². The molecule has 66 valence electrons. The molecule has 0 aliphatic carbocycles. The third-order valence-corrected chi connectivity index (χ3v) is 1.60. The summed E-state index contributed by atoms with van der Waals surface area (Å²) in [5, 5.41) is 3.80. The average Bonchev–Trinajstić information content (AvgIpc) is 2.48. The molecule has 3 heteroatoms. The van der Waals surface area contributed by atoms with Crippen LogP contribution in [0.4, 0.5) is 0 Å². The molecular weight excluding hydrogens is 152 g/mol. The third kappa shape index (κ3) is 2.49. The molecule has 1 aromatic heterocycles. The van der Waals surface area contributed by atoms with Crippen molar-refractivity contribution in [3.8, 4) is 0 Å². The predicted octanol–water partition coefficient (Wildman–Crippen LogP) is 2.30. The topological polar surface area (TPSA) is 38.9 Å². The van der Waals surface area contributed by atoms with Gasteiger partial charge in [-0.1, -0.05) is 25.6 Å². The Hall–Kier alpha value is -1.12. The van der Waals surface area contributed by atoms with Crippen molar-refractivity contribution >= 4 is 6.08 Å². The van der Waals surface area contributed by atoms with Crippen molar-refractivity contribution in [2.75, 3.05) is 0 Å². The van der Waals surface area contributed by atoms with Gasteiger partial charge in [-0.15, -0.1) is 0 Å². The SMILES string of the molecule is C=Cc1nc(CCC(C)C)no1. The van der Waals surface area contributed by atoms with Crippen molar-refractivity contribution in [1.29, 1.82) is 0 Å². The molecule has 0 saturated carbocycles. The lowest BCUT2D eigenvalue weighted by Crippen LogP contribution is -1.93. The molecule has 0 unspecified atom stereocenters. The molecule has 0 aliphatic rings. The van der Waals surface area contributed by atoms with Crippen molar-refractivity contribution in [2.24, 2.45) is 5.92 Å². The Bertz CT molecular complexity index is 253. The van der Waals surface area contributed by atoms with Crippen LogP contribution in [0.3, 0.4) is 0 Å². The number of aryl methyl sites for hydroxylation is 1. The Morgan fingerprint density at radius 3 is 2.83 bits per heavy atom. The molecule has 0 aliphatic heterocycles. The summed E-state index contributed by atoms with van der Waals surface area (Å²) in [5.41, 5.74) is 0. The first-order valence-electron chi connectivity index (χ1n) is 4.17. The van der Waals surface area contributed by atoms with Crippen molar-refractivity contribution in [3.63, 3.8) is 0 Å². The summed E-state index contributed by atoms with van der Waals surface area (Å²) in [7, 11) is 0. The van der Waals surface area contributed by atoms with Gasteiger partial charge in [-0.2, -0.15) is 4.98 Å². The van der Waals surface area contributed by atoms with Crippen molar-refractivity contribution in [1.82, 2.24) is 10.1 Å². The second-order valence-electron chi connectivity index (χ2n) is 3.19. The van der Waals surface area contributed by atoms with Crippen LogP contribution in [-0.4, -0.2) is 10.1 Å². The molecule has 0 radical (unpaired) electrons. The van der Waals surface area contributed by atoms with E-state index in [0.29, 0.717) is 11.8 Å². The molecule has 12 heavy (non-hydrogen) atoms. The quantitative estimate of drug-likeness (QED) is 0.689. The van der Waals surface area contributed by atoms with Gasteiger partial charge in [-0.25, -0.2) is 0 Å². The molecule has 0 spiro atoms. The van der Waals surface area contributed by atoms with E-state index < -0.39 is 0 Å². The molecule has 0 aromatic carbocycles. The van der Waals surface area contributed by atoms with E-state index in [2.05, 4.69) is 30.6 Å². The summed E-state index contributed by atoms with van der Waals surface area (Å²) >= 11 is 0. The zero-order valence-corrected chi connectivity index (χ0v) is 7.58. The van der Waals surface area contributed by atoms with Crippen LogP contribution in [-0.2, 0) is 6.42 Å². The molecule has 0 amide bonds. The lowest BCUT2D eigenvalue weighted by molar-refractivity contribution is 0.400. The number of hydrogen-bond donors (Lipinski definition) is 0. The maximum Gasteiger partial charge on any atom is 0.250 e. The lowest BCUT2D eigenvalue weighted by Gasteiger charge is -1.98. The molecule has 0 bridgehead atoms.